The summed E-state index contributed by atoms with van der Waals surface area (Å²) in [5.74, 6) is -0.839. The minimum absolute atomic E-state index is 0.538. The Morgan fingerprint density at radius 1 is 1.60 bits per heavy atom. The topological polar surface area (TPSA) is 67.2 Å². The Hall–Kier alpha value is -1.36. The van der Waals surface area contributed by atoms with Crippen LogP contribution >= 0.6 is 0 Å². The predicted molar refractivity (Wildman–Crippen MR) is 56.6 cm³/mol. The average molecular weight is 211 g/mol. The van der Waals surface area contributed by atoms with Crippen molar-refractivity contribution in [2.75, 3.05) is 0 Å². The molecule has 1 aromatic rings. The van der Waals surface area contributed by atoms with E-state index in [-0.39, 0.29) is 0 Å². The standard InChI is InChI=1S/C10H17N3O2/c1-6-9(8(3)13(4)12-6)5-11-7(2)10(14)15/h7,11H,5H2,1-4H3,(H,14,15). The first-order valence-electron chi connectivity index (χ1n) is 4.88. The second-order valence-corrected chi connectivity index (χ2v) is 3.71. The zero-order chi connectivity index (χ0) is 11.6. The Morgan fingerprint density at radius 3 is 2.60 bits per heavy atom. The van der Waals surface area contributed by atoms with E-state index in [0.717, 1.165) is 17.0 Å². The number of nitrogens with zero attached hydrogens (tertiary/aromatic N) is 2. The van der Waals surface area contributed by atoms with Crippen LogP contribution in [0.2, 0.25) is 0 Å². The molecule has 0 spiro atoms. The summed E-state index contributed by atoms with van der Waals surface area (Å²) >= 11 is 0. The van der Waals surface area contributed by atoms with E-state index in [9.17, 15) is 4.79 Å². The molecule has 1 heterocycles. The SMILES string of the molecule is Cc1nn(C)c(C)c1CNC(C)C(=O)O. The molecular formula is C10H17N3O2. The summed E-state index contributed by atoms with van der Waals surface area (Å²) in [4.78, 5) is 10.6. The number of aryl methyl sites for hydroxylation is 2. The van der Waals surface area contributed by atoms with Crippen molar-refractivity contribution in [3.8, 4) is 0 Å². The third-order valence-electron chi connectivity index (χ3n) is 2.61. The summed E-state index contributed by atoms with van der Waals surface area (Å²) in [6, 6.07) is -0.538. The number of nitrogens with one attached hydrogen (secondary N) is 1. The van der Waals surface area contributed by atoms with E-state index in [1.54, 1.807) is 11.6 Å². The molecule has 0 aliphatic heterocycles. The monoisotopic (exact) mass is 211 g/mol. The molecule has 1 unspecified atom stereocenters. The van der Waals surface area contributed by atoms with Crippen molar-refractivity contribution >= 4 is 5.97 Å². The Morgan fingerprint density at radius 2 is 2.20 bits per heavy atom. The third kappa shape index (κ3) is 2.56. The molecule has 5 heteroatoms. The van der Waals surface area contributed by atoms with Crippen LogP contribution in [0.25, 0.3) is 0 Å². The maximum Gasteiger partial charge on any atom is 0.320 e. The van der Waals surface area contributed by atoms with Gasteiger partial charge in [-0.2, -0.15) is 5.10 Å². The van der Waals surface area contributed by atoms with Crippen LogP contribution in [0, 0.1) is 13.8 Å². The van der Waals surface area contributed by atoms with Gasteiger partial charge in [0.15, 0.2) is 0 Å². The van der Waals surface area contributed by atoms with Crippen molar-refractivity contribution in [2.24, 2.45) is 7.05 Å². The van der Waals surface area contributed by atoms with E-state index in [0.29, 0.717) is 6.54 Å². The van der Waals surface area contributed by atoms with Gasteiger partial charge in [-0.3, -0.25) is 9.48 Å². The summed E-state index contributed by atoms with van der Waals surface area (Å²) in [5.41, 5.74) is 3.09. The van der Waals surface area contributed by atoms with E-state index >= 15 is 0 Å². The van der Waals surface area contributed by atoms with Crippen LogP contribution in [0.1, 0.15) is 23.9 Å². The summed E-state index contributed by atoms with van der Waals surface area (Å²) in [7, 11) is 1.88. The van der Waals surface area contributed by atoms with Gasteiger partial charge in [0, 0.05) is 24.8 Å². The number of rotatable bonds is 4. The smallest absolute Gasteiger partial charge is 0.320 e. The lowest BCUT2D eigenvalue weighted by Crippen LogP contribution is -2.33. The molecule has 2 N–H and O–H groups in total. The normalized spacial score (nSPS) is 12.8. The molecule has 0 radical (unpaired) electrons. The Bertz CT molecular complexity index is 371. The average Bonchev–Trinajstić information content (AvgIpc) is 2.38. The zero-order valence-electron chi connectivity index (χ0n) is 9.53. The molecule has 0 saturated heterocycles. The Labute approximate surface area is 89.1 Å². The van der Waals surface area contributed by atoms with Gasteiger partial charge < -0.3 is 10.4 Å². The molecule has 0 bridgehead atoms. The third-order valence-corrected chi connectivity index (χ3v) is 2.61. The van der Waals surface area contributed by atoms with E-state index in [1.807, 2.05) is 20.9 Å². The lowest BCUT2D eigenvalue weighted by molar-refractivity contribution is -0.139. The Balaban J connectivity index is 2.69. The van der Waals surface area contributed by atoms with Crippen LogP contribution in [0.3, 0.4) is 0 Å². The van der Waals surface area contributed by atoms with Gasteiger partial charge in [0.05, 0.1) is 5.69 Å². The van der Waals surface area contributed by atoms with Crippen molar-refractivity contribution in [2.45, 2.75) is 33.4 Å². The van der Waals surface area contributed by atoms with Gasteiger partial charge in [0.1, 0.15) is 6.04 Å². The molecule has 0 fully saturated rings. The quantitative estimate of drug-likeness (QED) is 0.765. The number of carboxylic acid groups (broad SMARTS) is 1. The number of hydrogen-bond donors (Lipinski definition) is 2. The molecule has 0 amide bonds. The molecule has 0 aromatic carbocycles. The summed E-state index contributed by atoms with van der Waals surface area (Å²) in [6.45, 7) is 6.07. The van der Waals surface area contributed by atoms with E-state index < -0.39 is 12.0 Å². The Kier molecular flexibility index (Phi) is 3.47. The van der Waals surface area contributed by atoms with Gasteiger partial charge in [-0.1, -0.05) is 0 Å². The highest BCUT2D eigenvalue weighted by atomic mass is 16.4. The van der Waals surface area contributed by atoms with Crippen molar-refractivity contribution in [1.29, 1.82) is 0 Å². The molecular weight excluding hydrogens is 194 g/mol. The summed E-state index contributed by atoms with van der Waals surface area (Å²) < 4.78 is 1.80. The maximum absolute atomic E-state index is 10.6. The molecule has 84 valence electrons. The lowest BCUT2D eigenvalue weighted by Gasteiger charge is -2.09. The predicted octanol–water partition coefficient (Wildman–Crippen LogP) is 0.600. The largest absolute Gasteiger partial charge is 0.480 e. The number of aromatic nitrogens is 2. The molecule has 1 aromatic heterocycles. The summed E-state index contributed by atoms with van der Waals surface area (Å²) in [5, 5.41) is 15.9. The van der Waals surface area contributed by atoms with Gasteiger partial charge in [-0.05, 0) is 20.8 Å². The molecule has 1 rings (SSSR count). The van der Waals surface area contributed by atoms with Gasteiger partial charge in [-0.15, -0.1) is 0 Å². The van der Waals surface area contributed by atoms with Gasteiger partial charge in [0.25, 0.3) is 0 Å². The number of carboxylic acids is 1. The lowest BCUT2D eigenvalue weighted by atomic mass is 10.2. The molecule has 0 saturated carbocycles. The minimum atomic E-state index is -0.839. The van der Waals surface area contributed by atoms with Crippen molar-refractivity contribution in [3.05, 3.63) is 17.0 Å². The fraction of sp³-hybridized carbons (Fsp3) is 0.600. The fourth-order valence-corrected chi connectivity index (χ4v) is 1.42. The van der Waals surface area contributed by atoms with Gasteiger partial charge in [0.2, 0.25) is 0 Å². The van der Waals surface area contributed by atoms with E-state index in [4.69, 9.17) is 5.11 Å². The maximum atomic E-state index is 10.6. The van der Waals surface area contributed by atoms with E-state index in [1.165, 1.54) is 0 Å². The van der Waals surface area contributed by atoms with Gasteiger partial charge in [-0.25, -0.2) is 0 Å². The highest BCUT2D eigenvalue weighted by Crippen LogP contribution is 2.11. The molecule has 0 aliphatic rings. The number of carbonyl (C=O) groups is 1. The van der Waals surface area contributed by atoms with Crippen LogP contribution in [0.15, 0.2) is 0 Å². The molecule has 0 aliphatic carbocycles. The van der Waals surface area contributed by atoms with Crippen LogP contribution in [-0.4, -0.2) is 26.9 Å². The summed E-state index contributed by atoms with van der Waals surface area (Å²) in [6.07, 6.45) is 0. The van der Waals surface area contributed by atoms with Gasteiger partial charge >= 0.3 is 5.97 Å². The molecule has 15 heavy (non-hydrogen) atoms. The molecule has 5 nitrogen and oxygen atoms in total. The van der Waals surface area contributed by atoms with Crippen LogP contribution in [0.4, 0.5) is 0 Å². The van der Waals surface area contributed by atoms with Crippen molar-refractivity contribution in [3.63, 3.8) is 0 Å². The van der Waals surface area contributed by atoms with Crippen LogP contribution in [0.5, 0.6) is 0 Å². The van der Waals surface area contributed by atoms with Crippen LogP contribution in [-0.2, 0) is 18.4 Å². The van der Waals surface area contributed by atoms with Crippen LogP contribution < -0.4 is 5.32 Å². The van der Waals surface area contributed by atoms with E-state index in [2.05, 4.69) is 10.4 Å². The first-order chi connectivity index (χ1) is 6.93. The number of hydrogen-bond acceptors (Lipinski definition) is 3. The second-order valence-electron chi connectivity index (χ2n) is 3.71. The fourth-order valence-electron chi connectivity index (χ4n) is 1.42. The minimum Gasteiger partial charge on any atom is -0.480 e. The first kappa shape index (κ1) is 11.7. The highest BCUT2D eigenvalue weighted by molar-refractivity contribution is 5.72. The highest BCUT2D eigenvalue weighted by Gasteiger charge is 2.13. The molecule has 1 atom stereocenters. The zero-order valence-corrected chi connectivity index (χ0v) is 9.53. The van der Waals surface area contributed by atoms with Crippen molar-refractivity contribution in [1.82, 2.24) is 15.1 Å². The number of aliphatic carboxylic acids is 1. The first-order valence-corrected chi connectivity index (χ1v) is 4.88. The van der Waals surface area contributed by atoms with Crippen molar-refractivity contribution < 1.29 is 9.90 Å². The second kappa shape index (κ2) is 4.44.